The van der Waals surface area contributed by atoms with Crippen molar-refractivity contribution in [3.05, 3.63) is 71.8 Å². The molecule has 2 atom stereocenters. The summed E-state index contributed by atoms with van der Waals surface area (Å²) >= 11 is 0. The quantitative estimate of drug-likeness (QED) is 0.938. The Morgan fingerprint density at radius 2 is 1.52 bits per heavy atom. The van der Waals surface area contributed by atoms with Crippen LogP contribution in [0.2, 0.25) is 0 Å². The van der Waals surface area contributed by atoms with Crippen molar-refractivity contribution in [2.45, 2.75) is 25.0 Å². The largest absolute Gasteiger partial charge is 0.392 e. The van der Waals surface area contributed by atoms with Gasteiger partial charge in [0.1, 0.15) is 0 Å². The van der Waals surface area contributed by atoms with E-state index in [0.717, 1.165) is 26.1 Å². The number of aliphatic hydroxyl groups excluding tert-OH is 1. The van der Waals surface area contributed by atoms with Gasteiger partial charge in [-0.2, -0.15) is 0 Å². The molecule has 2 aromatic carbocycles. The summed E-state index contributed by atoms with van der Waals surface area (Å²) in [6.45, 7) is 2.72. The topological polar surface area (TPSA) is 23.5 Å². The zero-order chi connectivity index (χ0) is 13.8. The highest BCUT2D eigenvalue weighted by Gasteiger charge is 2.26. The molecule has 0 amide bonds. The third-order valence-electron chi connectivity index (χ3n) is 4.02. The molecule has 0 aromatic heterocycles. The van der Waals surface area contributed by atoms with E-state index in [2.05, 4.69) is 53.4 Å². The molecular formula is C18H22ClNO. The van der Waals surface area contributed by atoms with Gasteiger partial charge in [0.05, 0.1) is 6.10 Å². The molecule has 1 heterocycles. The van der Waals surface area contributed by atoms with E-state index >= 15 is 0 Å². The zero-order valence-electron chi connectivity index (χ0n) is 12.1. The molecule has 3 heteroatoms. The van der Waals surface area contributed by atoms with Crippen molar-refractivity contribution in [3.63, 3.8) is 0 Å². The number of nitrogens with zero attached hydrogens (tertiary/aromatic N) is 1. The number of halogens is 1. The Hall–Kier alpha value is -1.35. The maximum absolute atomic E-state index is 10.1. The Morgan fingerprint density at radius 3 is 2.19 bits per heavy atom. The lowest BCUT2D eigenvalue weighted by Gasteiger charge is -2.36. The number of rotatable bonds is 3. The summed E-state index contributed by atoms with van der Waals surface area (Å²) in [5.41, 5.74) is 2.65. The van der Waals surface area contributed by atoms with Gasteiger partial charge in [-0.25, -0.2) is 0 Å². The Morgan fingerprint density at radius 1 is 0.905 bits per heavy atom. The summed E-state index contributed by atoms with van der Waals surface area (Å²) in [5.74, 6) is 0.434. The van der Waals surface area contributed by atoms with Crippen LogP contribution in [-0.4, -0.2) is 29.2 Å². The van der Waals surface area contributed by atoms with E-state index in [1.807, 2.05) is 12.1 Å². The Labute approximate surface area is 132 Å². The molecule has 1 aliphatic rings. The van der Waals surface area contributed by atoms with Crippen LogP contribution in [0.3, 0.4) is 0 Å². The second kappa shape index (κ2) is 7.60. The third kappa shape index (κ3) is 4.31. The van der Waals surface area contributed by atoms with Crippen molar-refractivity contribution in [1.82, 2.24) is 4.90 Å². The second-order valence-electron chi connectivity index (χ2n) is 5.68. The number of aliphatic hydroxyl groups is 1. The van der Waals surface area contributed by atoms with E-state index in [0.29, 0.717) is 5.92 Å². The summed E-state index contributed by atoms with van der Waals surface area (Å²) in [5, 5.41) is 10.1. The minimum Gasteiger partial charge on any atom is -0.392 e. The van der Waals surface area contributed by atoms with Crippen LogP contribution in [0.25, 0.3) is 0 Å². The van der Waals surface area contributed by atoms with E-state index in [-0.39, 0.29) is 18.5 Å². The summed E-state index contributed by atoms with van der Waals surface area (Å²) in [7, 11) is 0. The monoisotopic (exact) mass is 303 g/mol. The zero-order valence-corrected chi connectivity index (χ0v) is 12.9. The minimum absolute atomic E-state index is 0. The van der Waals surface area contributed by atoms with Crippen LogP contribution < -0.4 is 0 Å². The van der Waals surface area contributed by atoms with Crippen LogP contribution in [0.15, 0.2) is 60.7 Å². The molecule has 0 radical (unpaired) electrons. The Kier molecular flexibility index (Phi) is 5.80. The standard InChI is InChI=1S/C18H21NO.ClH/c20-18-11-17(16-9-5-2-6-10-16)13-19(14-18)12-15-7-3-1-4-8-15;/h1-10,17-18,20H,11-14H2;1H. The third-order valence-corrected chi connectivity index (χ3v) is 4.02. The molecule has 1 fully saturated rings. The van der Waals surface area contributed by atoms with Gasteiger partial charge >= 0.3 is 0 Å². The molecule has 1 saturated heterocycles. The normalized spacial score (nSPS) is 22.5. The summed E-state index contributed by atoms with van der Waals surface area (Å²) in [4.78, 5) is 2.36. The molecule has 112 valence electrons. The smallest absolute Gasteiger partial charge is 0.0673 e. The Balaban J connectivity index is 0.00000161. The maximum Gasteiger partial charge on any atom is 0.0673 e. The average Bonchev–Trinajstić information content (AvgIpc) is 2.49. The molecule has 0 saturated carbocycles. The van der Waals surface area contributed by atoms with Crippen LogP contribution >= 0.6 is 12.4 Å². The van der Waals surface area contributed by atoms with Crippen LogP contribution in [0.5, 0.6) is 0 Å². The number of benzene rings is 2. The molecule has 0 bridgehead atoms. The highest BCUT2D eigenvalue weighted by atomic mass is 35.5. The van der Waals surface area contributed by atoms with E-state index in [9.17, 15) is 5.11 Å². The number of likely N-dealkylation sites (tertiary alicyclic amines) is 1. The van der Waals surface area contributed by atoms with Gasteiger partial charge in [-0.15, -0.1) is 12.4 Å². The predicted molar refractivity (Wildman–Crippen MR) is 88.8 cm³/mol. The molecule has 2 aromatic rings. The molecule has 21 heavy (non-hydrogen) atoms. The number of piperidine rings is 1. The van der Waals surface area contributed by atoms with Crippen molar-refractivity contribution < 1.29 is 5.11 Å². The van der Waals surface area contributed by atoms with Gasteiger partial charge in [0, 0.05) is 19.6 Å². The molecule has 0 aliphatic carbocycles. The minimum atomic E-state index is -0.224. The molecule has 2 nitrogen and oxygen atoms in total. The summed E-state index contributed by atoms with van der Waals surface area (Å²) < 4.78 is 0. The number of hydrogen-bond donors (Lipinski definition) is 1. The van der Waals surface area contributed by atoms with Gasteiger partial charge in [-0.05, 0) is 23.5 Å². The summed E-state index contributed by atoms with van der Waals surface area (Å²) in [6, 6.07) is 21.0. The lowest BCUT2D eigenvalue weighted by Crippen LogP contribution is -2.41. The van der Waals surface area contributed by atoms with Gasteiger partial charge < -0.3 is 5.11 Å². The van der Waals surface area contributed by atoms with E-state index < -0.39 is 0 Å². The first-order valence-electron chi connectivity index (χ1n) is 7.30. The van der Waals surface area contributed by atoms with Gasteiger partial charge in [0.2, 0.25) is 0 Å². The highest BCUT2D eigenvalue weighted by Crippen LogP contribution is 2.27. The average molecular weight is 304 g/mol. The van der Waals surface area contributed by atoms with E-state index in [1.54, 1.807) is 0 Å². The number of β-amino-alcohol motifs (C(OH)–C–C–N with tert-alkyl or cyclic N) is 1. The fourth-order valence-corrected chi connectivity index (χ4v) is 3.10. The second-order valence-corrected chi connectivity index (χ2v) is 5.68. The van der Waals surface area contributed by atoms with E-state index in [4.69, 9.17) is 0 Å². The highest BCUT2D eigenvalue weighted by molar-refractivity contribution is 5.85. The molecule has 1 N–H and O–H groups in total. The van der Waals surface area contributed by atoms with Crippen molar-refractivity contribution in [3.8, 4) is 0 Å². The van der Waals surface area contributed by atoms with Gasteiger partial charge in [0.25, 0.3) is 0 Å². The molecule has 1 aliphatic heterocycles. The molecule has 2 unspecified atom stereocenters. The first-order valence-corrected chi connectivity index (χ1v) is 7.30. The predicted octanol–water partition coefficient (Wildman–Crippen LogP) is 3.46. The lowest BCUT2D eigenvalue weighted by atomic mass is 9.89. The van der Waals surface area contributed by atoms with Crippen molar-refractivity contribution >= 4 is 12.4 Å². The fourth-order valence-electron chi connectivity index (χ4n) is 3.10. The van der Waals surface area contributed by atoms with E-state index in [1.165, 1.54) is 11.1 Å². The molecular weight excluding hydrogens is 282 g/mol. The van der Waals surface area contributed by atoms with Crippen LogP contribution in [0.4, 0.5) is 0 Å². The Bertz CT molecular complexity index is 531. The SMILES string of the molecule is Cl.OC1CC(c2ccccc2)CN(Cc2ccccc2)C1. The van der Waals surface area contributed by atoms with Crippen LogP contribution in [0.1, 0.15) is 23.5 Å². The first-order chi connectivity index (χ1) is 9.81. The maximum atomic E-state index is 10.1. The molecule has 0 spiro atoms. The van der Waals surface area contributed by atoms with Crippen molar-refractivity contribution in [2.75, 3.05) is 13.1 Å². The van der Waals surface area contributed by atoms with Gasteiger partial charge in [-0.3, -0.25) is 4.90 Å². The van der Waals surface area contributed by atoms with Crippen molar-refractivity contribution in [2.24, 2.45) is 0 Å². The van der Waals surface area contributed by atoms with Gasteiger partial charge in [0.15, 0.2) is 0 Å². The fraction of sp³-hybridized carbons (Fsp3) is 0.333. The van der Waals surface area contributed by atoms with Gasteiger partial charge in [-0.1, -0.05) is 60.7 Å². The number of hydrogen-bond acceptors (Lipinski definition) is 2. The van der Waals surface area contributed by atoms with Crippen molar-refractivity contribution in [1.29, 1.82) is 0 Å². The first kappa shape index (κ1) is 16.0. The van der Waals surface area contributed by atoms with Crippen LogP contribution in [0, 0.1) is 0 Å². The van der Waals surface area contributed by atoms with Crippen LogP contribution in [-0.2, 0) is 6.54 Å². The molecule has 3 rings (SSSR count). The summed E-state index contributed by atoms with van der Waals surface area (Å²) in [6.07, 6.45) is 0.646. The lowest BCUT2D eigenvalue weighted by molar-refractivity contribution is 0.0549.